The average Bonchev–Trinajstić information content (AvgIpc) is 2.92. The normalized spacial score (nSPS) is 11.1. The summed E-state index contributed by atoms with van der Waals surface area (Å²) < 4.78 is 7.18. The van der Waals surface area contributed by atoms with Crippen LogP contribution in [-0.4, -0.2) is 27.0 Å². The van der Waals surface area contributed by atoms with Crippen LogP contribution in [0, 0.1) is 0 Å². The van der Waals surface area contributed by atoms with E-state index in [9.17, 15) is 9.59 Å². The first kappa shape index (κ1) is 22.7. The zero-order chi connectivity index (χ0) is 24.9. The Hall–Kier alpha value is -5.04. The Bertz CT molecular complexity index is 1620. The first-order valence-electron chi connectivity index (χ1n) is 11.3. The second-order valence-corrected chi connectivity index (χ2v) is 8.04. The van der Waals surface area contributed by atoms with Gasteiger partial charge in [-0.1, -0.05) is 66.7 Å². The molecule has 0 radical (unpaired) electrons. The number of benzene rings is 4. The Morgan fingerprint density at radius 1 is 0.917 bits per heavy atom. The smallest absolute Gasteiger partial charge is 0.335 e. The largest absolute Gasteiger partial charge is 0.489 e. The number of hydrogen-bond donors (Lipinski definition) is 1. The van der Waals surface area contributed by atoms with Gasteiger partial charge in [0, 0.05) is 5.56 Å². The maximum absolute atomic E-state index is 13.3. The van der Waals surface area contributed by atoms with Crippen LogP contribution in [-0.2, 0) is 6.61 Å². The van der Waals surface area contributed by atoms with Gasteiger partial charge in [-0.3, -0.25) is 4.79 Å². The standard InChI is InChI=1S/C29H21N3O4/c33-28-25-11-4-5-12-26(25)31-27(22-8-2-1-3-9-22)32(28)30-18-21-7-6-10-24(17-21)36-19-20-13-15-23(16-14-20)29(34)35/h1-18H,19H2,(H,34,35). The van der Waals surface area contributed by atoms with E-state index in [4.69, 9.17) is 14.8 Å². The van der Waals surface area contributed by atoms with Crippen LogP contribution in [0.1, 0.15) is 21.5 Å². The van der Waals surface area contributed by atoms with Crippen LogP contribution in [0.25, 0.3) is 22.3 Å². The second-order valence-electron chi connectivity index (χ2n) is 8.04. The molecule has 176 valence electrons. The summed E-state index contributed by atoms with van der Waals surface area (Å²) in [5, 5.41) is 14.0. The monoisotopic (exact) mass is 475 g/mol. The summed E-state index contributed by atoms with van der Waals surface area (Å²) in [4.78, 5) is 29.0. The molecule has 0 atom stereocenters. The highest BCUT2D eigenvalue weighted by Crippen LogP contribution is 2.19. The van der Waals surface area contributed by atoms with E-state index in [1.54, 1.807) is 42.6 Å². The molecule has 0 spiro atoms. The topological polar surface area (TPSA) is 93.8 Å². The van der Waals surface area contributed by atoms with E-state index < -0.39 is 5.97 Å². The van der Waals surface area contributed by atoms with Gasteiger partial charge in [-0.25, -0.2) is 9.78 Å². The Labute approximate surface area is 206 Å². The molecule has 4 aromatic carbocycles. The summed E-state index contributed by atoms with van der Waals surface area (Å²) in [7, 11) is 0. The van der Waals surface area contributed by atoms with Crippen molar-refractivity contribution in [2.24, 2.45) is 5.10 Å². The minimum atomic E-state index is -0.967. The lowest BCUT2D eigenvalue weighted by Gasteiger charge is -2.10. The molecule has 0 aliphatic rings. The average molecular weight is 476 g/mol. The van der Waals surface area contributed by atoms with Crippen LogP contribution < -0.4 is 10.3 Å². The van der Waals surface area contributed by atoms with Gasteiger partial charge in [-0.05, 0) is 47.5 Å². The Balaban J connectivity index is 1.43. The molecule has 1 heterocycles. The Kier molecular flexibility index (Phi) is 6.36. The van der Waals surface area contributed by atoms with Crippen LogP contribution in [0.15, 0.2) is 113 Å². The fourth-order valence-corrected chi connectivity index (χ4v) is 3.72. The minimum absolute atomic E-state index is 0.227. The molecular weight excluding hydrogens is 454 g/mol. The first-order valence-corrected chi connectivity index (χ1v) is 11.3. The fourth-order valence-electron chi connectivity index (χ4n) is 3.72. The second kappa shape index (κ2) is 10.1. The lowest BCUT2D eigenvalue weighted by atomic mass is 10.1. The van der Waals surface area contributed by atoms with E-state index in [1.165, 1.54) is 4.68 Å². The summed E-state index contributed by atoms with van der Waals surface area (Å²) in [6, 6.07) is 30.5. The molecule has 0 fully saturated rings. The summed E-state index contributed by atoms with van der Waals surface area (Å²) in [5.41, 5.74) is 2.95. The number of hydrogen-bond acceptors (Lipinski definition) is 5. The van der Waals surface area contributed by atoms with Crippen molar-refractivity contribution in [3.05, 3.63) is 130 Å². The number of carboxylic acid groups (broad SMARTS) is 1. The number of para-hydroxylation sites is 1. The Morgan fingerprint density at radius 2 is 1.67 bits per heavy atom. The third-order valence-electron chi connectivity index (χ3n) is 5.57. The van der Waals surface area contributed by atoms with E-state index >= 15 is 0 Å². The van der Waals surface area contributed by atoms with Crippen LogP contribution >= 0.6 is 0 Å². The quantitative estimate of drug-likeness (QED) is 0.326. The third kappa shape index (κ3) is 4.90. The number of carboxylic acids is 1. The van der Waals surface area contributed by atoms with E-state index in [-0.39, 0.29) is 17.7 Å². The van der Waals surface area contributed by atoms with Gasteiger partial charge in [-0.2, -0.15) is 9.78 Å². The van der Waals surface area contributed by atoms with Crippen LogP contribution in [0.5, 0.6) is 5.75 Å². The molecule has 7 heteroatoms. The van der Waals surface area contributed by atoms with Crippen molar-refractivity contribution in [3.63, 3.8) is 0 Å². The SMILES string of the molecule is O=C(O)c1ccc(COc2cccc(C=Nn3c(-c4ccccc4)nc4ccccc4c3=O)c2)cc1. The number of carbonyl (C=O) groups is 1. The maximum Gasteiger partial charge on any atom is 0.335 e. The summed E-state index contributed by atoms with van der Waals surface area (Å²) in [6.45, 7) is 0.284. The highest BCUT2D eigenvalue weighted by atomic mass is 16.5. The molecule has 0 aliphatic carbocycles. The van der Waals surface area contributed by atoms with Crippen molar-refractivity contribution in [2.45, 2.75) is 6.61 Å². The molecule has 0 unspecified atom stereocenters. The minimum Gasteiger partial charge on any atom is -0.489 e. The summed E-state index contributed by atoms with van der Waals surface area (Å²) >= 11 is 0. The molecule has 36 heavy (non-hydrogen) atoms. The van der Waals surface area contributed by atoms with Gasteiger partial charge in [0.15, 0.2) is 5.82 Å². The van der Waals surface area contributed by atoms with Crippen LogP contribution in [0.2, 0.25) is 0 Å². The lowest BCUT2D eigenvalue weighted by molar-refractivity contribution is 0.0697. The van der Waals surface area contributed by atoms with Gasteiger partial charge < -0.3 is 9.84 Å². The molecule has 0 amide bonds. The van der Waals surface area contributed by atoms with Crippen molar-refractivity contribution in [2.75, 3.05) is 0 Å². The predicted octanol–water partition coefficient (Wildman–Crippen LogP) is 5.22. The van der Waals surface area contributed by atoms with E-state index in [0.717, 1.165) is 16.7 Å². The zero-order valence-corrected chi connectivity index (χ0v) is 19.1. The number of ether oxygens (including phenoxy) is 1. The highest BCUT2D eigenvalue weighted by molar-refractivity contribution is 5.87. The number of nitrogens with zero attached hydrogens (tertiary/aromatic N) is 3. The van der Waals surface area contributed by atoms with Gasteiger partial charge in [0.25, 0.3) is 5.56 Å². The van der Waals surface area contributed by atoms with Gasteiger partial charge in [0.2, 0.25) is 0 Å². The molecule has 1 aromatic heterocycles. The lowest BCUT2D eigenvalue weighted by Crippen LogP contribution is -2.20. The number of rotatable bonds is 7. The maximum atomic E-state index is 13.3. The van der Waals surface area contributed by atoms with Crippen LogP contribution in [0.3, 0.4) is 0 Å². The molecule has 0 saturated carbocycles. The molecule has 7 nitrogen and oxygen atoms in total. The number of aromatic carboxylic acids is 1. The zero-order valence-electron chi connectivity index (χ0n) is 19.1. The molecule has 0 bridgehead atoms. The molecule has 1 N–H and O–H groups in total. The van der Waals surface area contributed by atoms with Gasteiger partial charge in [-0.15, -0.1) is 0 Å². The highest BCUT2D eigenvalue weighted by Gasteiger charge is 2.12. The van der Waals surface area contributed by atoms with Crippen molar-refractivity contribution >= 4 is 23.1 Å². The predicted molar refractivity (Wildman–Crippen MR) is 139 cm³/mol. The summed E-state index contributed by atoms with van der Waals surface area (Å²) in [5.74, 6) is 0.104. The first-order chi connectivity index (χ1) is 17.6. The molecule has 0 aliphatic heterocycles. The molecule has 5 aromatic rings. The number of aromatic nitrogens is 2. The van der Waals surface area contributed by atoms with Crippen molar-refractivity contribution in [3.8, 4) is 17.1 Å². The summed E-state index contributed by atoms with van der Waals surface area (Å²) in [6.07, 6.45) is 1.60. The molecular formula is C29H21N3O4. The van der Waals surface area contributed by atoms with Crippen molar-refractivity contribution < 1.29 is 14.6 Å². The van der Waals surface area contributed by atoms with Crippen molar-refractivity contribution in [1.29, 1.82) is 0 Å². The van der Waals surface area contributed by atoms with Crippen molar-refractivity contribution in [1.82, 2.24) is 9.66 Å². The van der Waals surface area contributed by atoms with Gasteiger partial charge >= 0.3 is 5.97 Å². The Morgan fingerprint density at radius 3 is 2.44 bits per heavy atom. The fraction of sp³-hybridized carbons (Fsp3) is 0.0345. The number of fused-ring (bicyclic) bond motifs is 1. The third-order valence-corrected chi connectivity index (χ3v) is 5.57. The van der Waals surface area contributed by atoms with Crippen LogP contribution in [0.4, 0.5) is 0 Å². The van der Waals surface area contributed by atoms with Gasteiger partial charge in [0.05, 0.1) is 22.7 Å². The molecule has 0 saturated heterocycles. The van der Waals surface area contributed by atoms with E-state index in [1.807, 2.05) is 66.7 Å². The van der Waals surface area contributed by atoms with Gasteiger partial charge in [0.1, 0.15) is 12.4 Å². The van der Waals surface area contributed by atoms with E-state index in [0.29, 0.717) is 22.5 Å². The van der Waals surface area contributed by atoms with E-state index in [2.05, 4.69) is 5.10 Å². The molecule has 5 rings (SSSR count).